The molecule has 2 aromatic rings. The first-order chi connectivity index (χ1) is 13.5. The van der Waals surface area contributed by atoms with Gasteiger partial charge in [0.25, 0.3) is 0 Å². The SMILES string of the molecule is CC(=O)OC1C[C@H](OC(=O)c2ccccc2)[C@H](COC(=O)c2ccccc2)O1. The molecule has 28 heavy (non-hydrogen) atoms. The summed E-state index contributed by atoms with van der Waals surface area (Å²) in [6, 6.07) is 17.0. The Labute approximate surface area is 162 Å². The van der Waals surface area contributed by atoms with Crippen molar-refractivity contribution in [1.82, 2.24) is 0 Å². The lowest BCUT2D eigenvalue weighted by atomic mass is 10.1. The Morgan fingerprint density at radius 3 is 2.04 bits per heavy atom. The van der Waals surface area contributed by atoms with Crippen molar-refractivity contribution in [3.05, 3.63) is 71.8 Å². The third kappa shape index (κ3) is 5.17. The van der Waals surface area contributed by atoms with E-state index in [1.807, 2.05) is 0 Å². The van der Waals surface area contributed by atoms with Crippen molar-refractivity contribution in [3.8, 4) is 0 Å². The van der Waals surface area contributed by atoms with Gasteiger partial charge in [-0.1, -0.05) is 36.4 Å². The zero-order valence-corrected chi connectivity index (χ0v) is 15.3. The predicted molar refractivity (Wildman–Crippen MR) is 97.4 cm³/mol. The van der Waals surface area contributed by atoms with Crippen LogP contribution in [0.3, 0.4) is 0 Å². The van der Waals surface area contributed by atoms with Crippen LogP contribution in [0.15, 0.2) is 60.7 Å². The van der Waals surface area contributed by atoms with E-state index in [-0.39, 0.29) is 13.0 Å². The quantitative estimate of drug-likeness (QED) is 0.559. The first kappa shape index (κ1) is 19.6. The molecule has 0 N–H and O–H groups in total. The van der Waals surface area contributed by atoms with E-state index in [0.29, 0.717) is 11.1 Å². The summed E-state index contributed by atoms with van der Waals surface area (Å²) in [4.78, 5) is 35.7. The molecule has 7 heteroatoms. The highest BCUT2D eigenvalue weighted by atomic mass is 16.7. The third-order valence-electron chi connectivity index (χ3n) is 4.12. The van der Waals surface area contributed by atoms with Crippen LogP contribution in [0.25, 0.3) is 0 Å². The summed E-state index contributed by atoms with van der Waals surface area (Å²) in [6.45, 7) is 1.12. The van der Waals surface area contributed by atoms with Gasteiger partial charge in [0.1, 0.15) is 18.8 Å². The average Bonchev–Trinajstić information content (AvgIpc) is 3.07. The second kappa shape index (κ2) is 9.14. The highest BCUT2D eigenvalue weighted by Crippen LogP contribution is 2.26. The van der Waals surface area contributed by atoms with Gasteiger partial charge in [-0.3, -0.25) is 4.79 Å². The fourth-order valence-electron chi connectivity index (χ4n) is 2.81. The van der Waals surface area contributed by atoms with Gasteiger partial charge in [0.2, 0.25) is 6.29 Å². The van der Waals surface area contributed by atoms with Gasteiger partial charge in [-0.25, -0.2) is 9.59 Å². The van der Waals surface area contributed by atoms with Crippen LogP contribution in [0, 0.1) is 0 Å². The van der Waals surface area contributed by atoms with Crippen molar-refractivity contribution in [2.75, 3.05) is 6.61 Å². The van der Waals surface area contributed by atoms with Gasteiger partial charge in [0, 0.05) is 6.92 Å². The molecule has 1 aliphatic heterocycles. The summed E-state index contributed by atoms with van der Waals surface area (Å²) in [5.41, 5.74) is 0.785. The van der Waals surface area contributed by atoms with Gasteiger partial charge in [-0.2, -0.15) is 0 Å². The van der Waals surface area contributed by atoms with E-state index in [4.69, 9.17) is 18.9 Å². The molecule has 3 rings (SSSR count). The number of hydrogen-bond donors (Lipinski definition) is 0. The standard InChI is InChI=1S/C21H20O7/c1-14(22)26-19-12-17(28-21(24)16-10-6-3-7-11-16)18(27-19)13-25-20(23)15-8-4-2-5-9-15/h2-11,17-19H,12-13H2,1H3/t17-,18-,19?/m0/s1. The Balaban J connectivity index is 1.64. The second-order valence-corrected chi connectivity index (χ2v) is 6.22. The Bertz CT molecular complexity index is 819. The minimum absolute atomic E-state index is 0.141. The van der Waals surface area contributed by atoms with E-state index in [0.717, 1.165) is 0 Å². The summed E-state index contributed by atoms with van der Waals surface area (Å²) < 4.78 is 21.5. The lowest BCUT2D eigenvalue weighted by Gasteiger charge is -2.18. The van der Waals surface area contributed by atoms with Crippen molar-refractivity contribution in [2.24, 2.45) is 0 Å². The van der Waals surface area contributed by atoms with Crippen LogP contribution in [-0.4, -0.2) is 43.0 Å². The molecule has 1 unspecified atom stereocenters. The van der Waals surface area contributed by atoms with Gasteiger partial charge < -0.3 is 18.9 Å². The molecule has 1 saturated heterocycles. The van der Waals surface area contributed by atoms with Crippen LogP contribution < -0.4 is 0 Å². The van der Waals surface area contributed by atoms with Crippen molar-refractivity contribution in [1.29, 1.82) is 0 Å². The average molecular weight is 384 g/mol. The summed E-state index contributed by atoms with van der Waals surface area (Å²) in [7, 11) is 0. The number of rotatable bonds is 6. The summed E-state index contributed by atoms with van der Waals surface area (Å²) in [6.07, 6.45) is -2.18. The molecule has 0 radical (unpaired) electrons. The number of ether oxygens (including phenoxy) is 4. The first-order valence-corrected chi connectivity index (χ1v) is 8.84. The van der Waals surface area contributed by atoms with Crippen LogP contribution in [0.2, 0.25) is 0 Å². The number of hydrogen-bond acceptors (Lipinski definition) is 7. The number of benzene rings is 2. The maximum absolute atomic E-state index is 12.3. The van der Waals surface area contributed by atoms with Crippen LogP contribution in [-0.2, 0) is 23.7 Å². The monoisotopic (exact) mass is 384 g/mol. The Kier molecular flexibility index (Phi) is 6.39. The fourth-order valence-corrected chi connectivity index (χ4v) is 2.81. The molecule has 1 fully saturated rings. The zero-order chi connectivity index (χ0) is 19.9. The van der Waals surface area contributed by atoms with Crippen LogP contribution in [0.4, 0.5) is 0 Å². The molecule has 7 nitrogen and oxygen atoms in total. The van der Waals surface area contributed by atoms with Gasteiger partial charge in [0.05, 0.1) is 17.5 Å². The molecule has 3 atom stereocenters. The molecular formula is C21H20O7. The highest BCUT2D eigenvalue weighted by Gasteiger charge is 2.40. The van der Waals surface area contributed by atoms with Crippen LogP contribution in [0.1, 0.15) is 34.1 Å². The number of carbonyl (C=O) groups excluding carboxylic acids is 3. The van der Waals surface area contributed by atoms with E-state index in [1.54, 1.807) is 60.7 Å². The summed E-state index contributed by atoms with van der Waals surface area (Å²) in [5.74, 6) is -1.56. The molecule has 0 aromatic heterocycles. The van der Waals surface area contributed by atoms with E-state index < -0.39 is 36.4 Å². The van der Waals surface area contributed by atoms with Crippen LogP contribution >= 0.6 is 0 Å². The molecule has 0 saturated carbocycles. The predicted octanol–water partition coefficient (Wildman–Crippen LogP) is 2.75. The minimum atomic E-state index is -0.869. The molecule has 1 heterocycles. The number of esters is 3. The molecule has 0 bridgehead atoms. The fraction of sp³-hybridized carbons (Fsp3) is 0.286. The second-order valence-electron chi connectivity index (χ2n) is 6.22. The molecule has 0 amide bonds. The zero-order valence-electron chi connectivity index (χ0n) is 15.3. The first-order valence-electron chi connectivity index (χ1n) is 8.84. The van der Waals surface area contributed by atoms with E-state index in [2.05, 4.69) is 0 Å². The van der Waals surface area contributed by atoms with Crippen molar-refractivity contribution in [2.45, 2.75) is 31.8 Å². The Morgan fingerprint density at radius 1 is 0.893 bits per heavy atom. The summed E-state index contributed by atoms with van der Waals surface area (Å²) in [5, 5.41) is 0. The normalized spacial score (nSPS) is 21.0. The molecule has 1 aliphatic rings. The van der Waals surface area contributed by atoms with Gasteiger partial charge in [0.15, 0.2) is 0 Å². The van der Waals surface area contributed by atoms with Gasteiger partial charge in [-0.05, 0) is 24.3 Å². The van der Waals surface area contributed by atoms with Crippen molar-refractivity contribution >= 4 is 17.9 Å². The topological polar surface area (TPSA) is 88.1 Å². The molecular weight excluding hydrogens is 364 g/mol. The third-order valence-corrected chi connectivity index (χ3v) is 4.12. The summed E-state index contributed by atoms with van der Waals surface area (Å²) >= 11 is 0. The maximum atomic E-state index is 12.3. The lowest BCUT2D eigenvalue weighted by molar-refractivity contribution is -0.175. The smallest absolute Gasteiger partial charge is 0.338 e. The molecule has 0 aliphatic carbocycles. The van der Waals surface area contributed by atoms with E-state index in [9.17, 15) is 14.4 Å². The van der Waals surface area contributed by atoms with Gasteiger partial charge >= 0.3 is 17.9 Å². The Hall–Kier alpha value is -3.19. The largest absolute Gasteiger partial charge is 0.459 e. The van der Waals surface area contributed by atoms with Crippen LogP contribution in [0.5, 0.6) is 0 Å². The number of carbonyl (C=O) groups is 3. The highest BCUT2D eigenvalue weighted by molar-refractivity contribution is 5.90. The van der Waals surface area contributed by atoms with Crippen molar-refractivity contribution in [3.63, 3.8) is 0 Å². The lowest BCUT2D eigenvalue weighted by Crippen LogP contribution is -2.32. The van der Waals surface area contributed by atoms with E-state index in [1.165, 1.54) is 6.92 Å². The molecule has 2 aromatic carbocycles. The van der Waals surface area contributed by atoms with E-state index >= 15 is 0 Å². The van der Waals surface area contributed by atoms with Crippen molar-refractivity contribution < 1.29 is 33.3 Å². The Morgan fingerprint density at radius 2 is 1.46 bits per heavy atom. The minimum Gasteiger partial charge on any atom is -0.459 e. The molecule has 146 valence electrons. The van der Waals surface area contributed by atoms with Gasteiger partial charge in [-0.15, -0.1) is 0 Å². The maximum Gasteiger partial charge on any atom is 0.338 e. The molecule has 0 spiro atoms.